The van der Waals surface area contributed by atoms with Crippen molar-refractivity contribution in [3.05, 3.63) is 164 Å². The summed E-state index contributed by atoms with van der Waals surface area (Å²) < 4.78 is 2.49. The number of hydrogen-bond acceptors (Lipinski definition) is 3. The summed E-state index contributed by atoms with van der Waals surface area (Å²) in [5.41, 5.74) is 10.4. The molecule has 8 rings (SSSR count). The SMILES string of the molecule is Oc1cc(-c2ccccc2)ccc1-c1cc(-c2ccccc2)ccc1Nc1cccc2sc3cc(-c4ccccc4)ccc3c12. The molecule has 0 aliphatic carbocycles. The van der Waals surface area contributed by atoms with Crippen molar-refractivity contribution in [2.45, 2.75) is 0 Å². The van der Waals surface area contributed by atoms with Crippen LogP contribution in [0.25, 0.3) is 64.7 Å². The topological polar surface area (TPSA) is 32.3 Å². The molecule has 0 aliphatic heterocycles. The predicted octanol–water partition coefficient (Wildman–Crippen LogP) is 12.2. The van der Waals surface area contributed by atoms with Gasteiger partial charge in [-0.05, 0) is 75.8 Å². The van der Waals surface area contributed by atoms with Crippen LogP contribution >= 0.6 is 11.3 Å². The normalized spacial score (nSPS) is 11.2. The number of thiophene rings is 1. The van der Waals surface area contributed by atoms with Gasteiger partial charge in [0.05, 0.1) is 0 Å². The summed E-state index contributed by atoms with van der Waals surface area (Å²) in [5.74, 6) is 0.247. The molecular formula is C42H29NOS. The number of benzene rings is 7. The van der Waals surface area contributed by atoms with Gasteiger partial charge < -0.3 is 10.4 Å². The summed E-state index contributed by atoms with van der Waals surface area (Å²) in [4.78, 5) is 0. The van der Waals surface area contributed by atoms with Gasteiger partial charge in [0.1, 0.15) is 5.75 Å². The third-order valence-electron chi connectivity index (χ3n) is 8.40. The minimum absolute atomic E-state index is 0.247. The van der Waals surface area contributed by atoms with Gasteiger partial charge >= 0.3 is 0 Å². The molecule has 0 amide bonds. The van der Waals surface area contributed by atoms with Gasteiger partial charge in [-0.2, -0.15) is 0 Å². The molecule has 0 bridgehead atoms. The van der Waals surface area contributed by atoms with Gasteiger partial charge in [-0.25, -0.2) is 0 Å². The number of anilines is 2. The largest absolute Gasteiger partial charge is 0.507 e. The second-order valence-electron chi connectivity index (χ2n) is 11.2. The maximum absolute atomic E-state index is 11.4. The summed E-state index contributed by atoms with van der Waals surface area (Å²) >= 11 is 1.82. The first-order chi connectivity index (χ1) is 22.2. The Bertz CT molecular complexity index is 2290. The van der Waals surface area contributed by atoms with Crippen molar-refractivity contribution < 1.29 is 5.11 Å². The monoisotopic (exact) mass is 595 g/mol. The minimum Gasteiger partial charge on any atom is -0.507 e. The highest BCUT2D eigenvalue weighted by Gasteiger charge is 2.16. The second-order valence-corrected chi connectivity index (χ2v) is 12.3. The van der Waals surface area contributed by atoms with E-state index >= 15 is 0 Å². The van der Waals surface area contributed by atoms with Crippen molar-refractivity contribution >= 4 is 42.9 Å². The average molecular weight is 596 g/mol. The van der Waals surface area contributed by atoms with E-state index in [0.29, 0.717) is 0 Å². The van der Waals surface area contributed by atoms with E-state index in [9.17, 15) is 5.11 Å². The van der Waals surface area contributed by atoms with Crippen LogP contribution in [0.5, 0.6) is 5.75 Å². The van der Waals surface area contributed by atoms with Crippen LogP contribution < -0.4 is 5.32 Å². The molecular weight excluding hydrogens is 567 g/mol. The van der Waals surface area contributed by atoms with Gasteiger partial charge in [0.25, 0.3) is 0 Å². The summed E-state index contributed by atoms with van der Waals surface area (Å²) in [6, 6.07) is 56.7. The van der Waals surface area contributed by atoms with Gasteiger partial charge in [0, 0.05) is 42.7 Å². The molecule has 0 saturated carbocycles. The van der Waals surface area contributed by atoms with E-state index in [0.717, 1.165) is 44.8 Å². The number of nitrogens with one attached hydrogen (secondary N) is 1. The van der Waals surface area contributed by atoms with E-state index in [1.165, 1.54) is 31.3 Å². The van der Waals surface area contributed by atoms with E-state index in [1.807, 2.05) is 47.7 Å². The fourth-order valence-corrected chi connectivity index (χ4v) is 7.31. The van der Waals surface area contributed by atoms with Gasteiger partial charge in [-0.1, -0.05) is 121 Å². The Labute approximate surface area is 266 Å². The van der Waals surface area contributed by atoms with Crippen molar-refractivity contribution in [1.29, 1.82) is 0 Å². The van der Waals surface area contributed by atoms with Crippen LogP contribution in [0, 0.1) is 0 Å². The van der Waals surface area contributed by atoms with Crippen LogP contribution in [0.4, 0.5) is 11.4 Å². The number of hydrogen-bond donors (Lipinski definition) is 2. The smallest absolute Gasteiger partial charge is 0.124 e. The molecule has 1 heterocycles. The second kappa shape index (κ2) is 11.5. The summed E-state index contributed by atoms with van der Waals surface area (Å²) in [6.45, 7) is 0. The lowest BCUT2D eigenvalue weighted by molar-refractivity contribution is 0.477. The predicted molar refractivity (Wildman–Crippen MR) is 192 cm³/mol. The first-order valence-electron chi connectivity index (χ1n) is 15.1. The zero-order valence-electron chi connectivity index (χ0n) is 24.4. The van der Waals surface area contributed by atoms with Crippen molar-refractivity contribution in [1.82, 2.24) is 0 Å². The maximum Gasteiger partial charge on any atom is 0.124 e. The highest BCUT2D eigenvalue weighted by molar-refractivity contribution is 7.26. The number of aromatic hydroxyl groups is 1. The highest BCUT2D eigenvalue weighted by Crippen LogP contribution is 2.44. The molecule has 0 fully saturated rings. The molecule has 0 atom stereocenters. The molecule has 3 heteroatoms. The molecule has 0 aliphatic rings. The van der Waals surface area contributed by atoms with E-state index in [-0.39, 0.29) is 5.75 Å². The molecule has 214 valence electrons. The quantitative estimate of drug-likeness (QED) is 0.200. The fraction of sp³-hybridized carbons (Fsp3) is 0. The minimum atomic E-state index is 0.247. The first-order valence-corrected chi connectivity index (χ1v) is 15.9. The number of rotatable bonds is 6. The van der Waals surface area contributed by atoms with Crippen LogP contribution in [-0.2, 0) is 0 Å². The zero-order valence-corrected chi connectivity index (χ0v) is 25.3. The van der Waals surface area contributed by atoms with Crippen LogP contribution in [0.3, 0.4) is 0 Å². The van der Waals surface area contributed by atoms with Gasteiger partial charge in [0.2, 0.25) is 0 Å². The van der Waals surface area contributed by atoms with Crippen LogP contribution in [-0.4, -0.2) is 5.11 Å². The molecule has 0 spiro atoms. The Balaban J connectivity index is 1.25. The van der Waals surface area contributed by atoms with E-state index in [1.54, 1.807) is 0 Å². The lowest BCUT2D eigenvalue weighted by Gasteiger charge is -2.17. The van der Waals surface area contributed by atoms with Crippen molar-refractivity contribution in [3.63, 3.8) is 0 Å². The van der Waals surface area contributed by atoms with Crippen molar-refractivity contribution in [2.24, 2.45) is 0 Å². The molecule has 45 heavy (non-hydrogen) atoms. The third-order valence-corrected chi connectivity index (χ3v) is 9.51. The molecule has 0 saturated heterocycles. The fourth-order valence-electron chi connectivity index (χ4n) is 6.14. The lowest BCUT2D eigenvalue weighted by Crippen LogP contribution is -1.95. The van der Waals surface area contributed by atoms with Gasteiger partial charge in [-0.3, -0.25) is 0 Å². The molecule has 0 unspecified atom stereocenters. The number of fused-ring (bicyclic) bond motifs is 3. The van der Waals surface area contributed by atoms with Crippen molar-refractivity contribution in [2.75, 3.05) is 5.32 Å². The van der Waals surface area contributed by atoms with Crippen LogP contribution in [0.1, 0.15) is 0 Å². The molecule has 7 aromatic carbocycles. The highest BCUT2D eigenvalue weighted by atomic mass is 32.1. The molecule has 2 nitrogen and oxygen atoms in total. The summed E-state index contributed by atoms with van der Waals surface area (Å²) in [6.07, 6.45) is 0. The Morgan fingerprint density at radius 2 is 0.978 bits per heavy atom. The maximum atomic E-state index is 11.4. The van der Waals surface area contributed by atoms with Crippen molar-refractivity contribution in [3.8, 4) is 50.3 Å². The Morgan fingerprint density at radius 1 is 0.400 bits per heavy atom. The van der Waals surface area contributed by atoms with E-state index in [2.05, 4.69) is 133 Å². The molecule has 0 radical (unpaired) electrons. The lowest BCUT2D eigenvalue weighted by atomic mass is 9.94. The number of phenolic OH excluding ortho intramolecular Hbond substituents is 1. The van der Waals surface area contributed by atoms with E-state index < -0.39 is 0 Å². The average Bonchev–Trinajstić information content (AvgIpc) is 3.48. The molecule has 2 N–H and O–H groups in total. The zero-order chi connectivity index (χ0) is 30.2. The summed E-state index contributed by atoms with van der Waals surface area (Å²) in [5, 5.41) is 17.7. The van der Waals surface area contributed by atoms with E-state index in [4.69, 9.17) is 0 Å². The summed E-state index contributed by atoms with van der Waals surface area (Å²) in [7, 11) is 0. The third kappa shape index (κ3) is 5.14. The number of phenols is 1. The standard InChI is InChI=1S/C42H29NOS/c44-39-26-32(29-13-6-2-7-14-29)19-22-34(39)36-25-31(28-11-4-1-5-12-28)21-24-37(36)43-38-17-10-18-40-42(38)35-23-20-33(27-41(35)45-40)30-15-8-3-9-16-30/h1-27,43-44H. The Kier molecular flexibility index (Phi) is 6.86. The molecule has 1 aromatic heterocycles. The Morgan fingerprint density at radius 3 is 1.62 bits per heavy atom. The van der Waals surface area contributed by atoms with Crippen LogP contribution in [0.2, 0.25) is 0 Å². The van der Waals surface area contributed by atoms with Crippen LogP contribution in [0.15, 0.2) is 164 Å². The Hall–Kier alpha value is -5.64. The van der Waals surface area contributed by atoms with Gasteiger partial charge in [-0.15, -0.1) is 11.3 Å². The molecule has 8 aromatic rings. The van der Waals surface area contributed by atoms with Gasteiger partial charge in [0.15, 0.2) is 0 Å². The first kappa shape index (κ1) is 26.9.